The molecule has 21 heavy (non-hydrogen) atoms. The summed E-state index contributed by atoms with van der Waals surface area (Å²) in [6, 6.07) is 5.23. The first-order valence-electron chi connectivity index (χ1n) is 7.20. The molecule has 0 bridgehead atoms. The Morgan fingerprint density at radius 1 is 1.19 bits per heavy atom. The quantitative estimate of drug-likeness (QED) is 0.746. The van der Waals surface area contributed by atoms with Crippen molar-refractivity contribution in [1.29, 1.82) is 0 Å². The summed E-state index contributed by atoms with van der Waals surface area (Å²) in [5, 5.41) is 5.39. The van der Waals surface area contributed by atoms with Gasteiger partial charge in [0.25, 0.3) is 0 Å². The molecule has 1 aromatic carbocycles. The third kappa shape index (κ3) is 5.55. The zero-order valence-corrected chi connectivity index (χ0v) is 13.2. The largest absolute Gasteiger partial charge is 0.346 e. The summed E-state index contributed by atoms with van der Waals surface area (Å²) in [6.07, 6.45) is 0.602. The molecule has 0 aliphatic heterocycles. The summed E-state index contributed by atoms with van der Waals surface area (Å²) in [7, 11) is 0. The van der Waals surface area contributed by atoms with Gasteiger partial charge in [0.1, 0.15) is 0 Å². The first-order valence-corrected chi connectivity index (χ1v) is 7.20. The number of aryl methyl sites for hydroxylation is 2. The van der Waals surface area contributed by atoms with Crippen molar-refractivity contribution < 1.29 is 9.59 Å². The fourth-order valence-electron chi connectivity index (χ4n) is 2.11. The molecule has 0 aliphatic carbocycles. The molecule has 2 amide bonds. The Balaban J connectivity index is 2.50. The van der Waals surface area contributed by atoms with E-state index in [0.717, 1.165) is 16.8 Å². The van der Waals surface area contributed by atoms with Gasteiger partial charge in [-0.25, -0.2) is 0 Å². The fraction of sp³-hybridized carbons (Fsp3) is 0.500. The summed E-state index contributed by atoms with van der Waals surface area (Å²) < 4.78 is 0. The Kier molecular flexibility index (Phi) is 6.37. The van der Waals surface area contributed by atoms with Gasteiger partial charge in [-0.1, -0.05) is 32.0 Å². The molecule has 0 saturated heterocycles. The Morgan fingerprint density at radius 3 is 2.29 bits per heavy atom. The predicted molar refractivity (Wildman–Crippen MR) is 85.0 cm³/mol. The number of anilines is 1. The summed E-state index contributed by atoms with van der Waals surface area (Å²) in [6.45, 7) is 7.79. The number of benzene rings is 1. The molecule has 0 saturated carbocycles. The standard InChI is InChI=1S/C16H25N3O2/c1-10(2)8-13(17)16(21)18-9-14(20)19-15-11(3)6-5-7-12(15)4/h5-7,10,13H,8-9,17H2,1-4H3,(H,18,21)(H,19,20)/t13-/m0/s1. The number of amides is 2. The molecule has 0 radical (unpaired) electrons. The number of nitrogens with one attached hydrogen (secondary N) is 2. The van der Waals surface area contributed by atoms with E-state index in [0.29, 0.717) is 12.3 Å². The van der Waals surface area contributed by atoms with Crippen molar-refractivity contribution in [2.24, 2.45) is 11.7 Å². The highest BCUT2D eigenvalue weighted by Crippen LogP contribution is 2.18. The lowest BCUT2D eigenvalue weighted by Crippen LogP contribution is -2.44. The lowest BCUT2D eigenvalue weighted by molar-refractivity contribution is -0.125. The maximum Gasteiger partial charge on any atom is 0.243 e. The molecule has 0 spiro atoms. The summed E-state index contributed by atoms with van der Waals surface area (Å²) in [4.78, 5) is 23.7. The van der Waals surface area contributed by atoms with E-state index >= 15 is 0 Å². The summed E-state index contributed by atoms with van der Waals surface area (Å²) >= 11 is 0. The number of hydrogen-bond donors (Lipinski definition) is 3. The summed E-state index contributed by atoms with van der Waals surface area (Å²) in [5.74, 6) is -0.202. The molecule has 1 atom stereocenters. The maximum atomic E-state index is 11.9. The van der Waals surface area contributed by atoms with E-state index in [-0.39, 0.29) is 18.4 Å². The SMILES string of the molecule is Cc1cccc(C)c1NC(=O)CNC(=O)[C@@H](N)CC(C)C. The van der Waals surface area contributed by atoms with Crippen LogP contribution in [0.25, 0.3) is 0 Å². The van der Waals surface area contributed by atoms with Gasteiger partial charge in [-0.2, -0.15) is 0 Å². The molecular weight excluding hydrogens is 266 g/mol. The Morgan fingerprint density at radius 2 is 1.76 bits per heavy atom. The first kappa shape index (κ1) is 17.2. The van der Waals surface area contributed by atoms with Crippen molar-refractivity contribution in [3.63, 3.8) is 0 Å². The van der Waals surface area contributed by atoms with Crippen molar-refractivity contribution >= 4 is 17.5 Å². The highest BCUT2D eigenvalue weighted by Gasteiger charge is 2.16. The minimum absolute atomic E-state index is 0.0710. The monoisotopic (exact) mass is 291 g/mol. The lowest BCUT2D eigenvalue weighted by atomic mass is 10.0. The number of nitrogens with two attached hydrogens (primary N) is 1. The van der Waals surface area contributed by atoms with Crippen LogP contribution in [0.15, 0.2) is 18.2 Å². The molecule has 1 aromatic rings. The Bertz CT molecular complexity index is 492. The molecule has 116 valence electrons. The topological polar surface area (TPSA) is 84.2 Å². The minimum Gasteiger partial charge on any atom is -0.346 e. The van der Waals surface area contributed by atoms with Gasteiger partial charge in [-0.3, -0.25) is 9.59 Å². The van der Waals surface area contributed by atoms with Crippen molar-refractivity contribution in [1.82, 2.24) is 5.32 Å². The van der Waals surface area contributed by atoms with Gasteiger partial charge in [0.15, 0.2) is 0 Å². The first-order chi connectivity index (χ1) is 9.81. The third-order valence-electron chi connectivity index (χ3n) is 3.23. The van der Waals surface area contributed by atoms with E-state index in [2.05, 4.69) is 10.6 Å². The number of carbonyl (C=O) groups is 2. The van der Waals surface area contributed by atoms with Crippen LogP contribution >= 0.6 is 0 Å². The van der Waals surface area contributed by atoms with E-state index in [4.69, 9.17) is 5.73 Å². The van der Waals surface area contributed by atoms with Crippen LogP contribution in [-0.4, -0.2) is 24.4 Å². The zero-order valence-electron chi connectivity index (χ0n) is 13.2. The van der Waals surface area contributed by atoms with Gasteiger partial charge in [0.05, 0.1) is 12.6 Å². The highest BCUT2D eigenvalue weighted by atomic mass is 16.2. The van der Waals surface area contributed by atoms with Crippen LogP contribution in [0.5, 0.6) is 0 Å². The normalized spacial score (nSPS) is 12.1. The maximum absolute atomic E-state index is 11.9. The van der Waals surface area contributed by atoms with Crippen LogP contribution in [-0.2, 0) is 9.59 Å². The van der Waals surface area contributed by atoms with Gasteiger partial charge in [0.2, 0.25) is 11.8 Å². The lowest BCUT2D eigenvalue weighted by Gasteiger charge is -2.15. The molecule has 5 nitrogen and oxygen atoms in total. The molecule has 0 aliphatic rings. The third-order valence-corrected chi connectivity index (χ3v) is 3.23. The van der Waals surface area contributed by atoms with E-state index in [1.807, 2.05) is 45.9 Å². The number of carbonyl (C=O) groups excluding carboxylic acids is 2. The van der Waals surface area contributed by atoms with Crippen LogP contribution in [0.4, 0.5) is 5.69 Å². The molecule has 4 N–H and O–H groups in total. The molecule has 0 unspecified atom stereocenters. The van der Waals surface area contributed by atoms with E-state index in [1.165, 1.54) is 0 Å². The average Bonchev–Trinajstić information content (AvgIpc) is 2.39. The van der Waals surface area contributed by atoms with E-state index in [1.54, 1.807) is 0 Å². The van der Waals surface area contributed by atoms with Crippen LogP contribution < -0.4 is 16.4 Å². The van der Waals surface area contributed by atoms with Crippen LogP contribution in [0.3, 0.4) is 0 Å². The van der Waals surface area contributed by atoms with Gasteiger partial charge in [-0.05, 0) is 37.3 Å². The second-order valence-electron chi connectivity index (χ2n) is 5.77. The fourth-order valence-corrected chi connectivity index (χ4v) is 2.11. The Hall–Kier alpha value is -1.88. The zero-order chi connectivity index (χ0) is 16.0. The minimum atomic E-state index is -0.571. The van der Waals surface area contributed by atoms with Gasteiger partial charge < -0.3 is 16.4 Å². The molecular formula is C16H25N3O2. The molecule has 1 rings (SSSR count). The number of para-hydroxylation sites is 1. The Labute approximate surface area is 126 Å². The van der Waals surface area contributed by atoms with Crippen molar-refractivity contribution in [3.8, 4) is 0 Å². The van der Waals surface area contributed by atoms with Gasteiger partial charge in [-0.15, -0.1) is 0 Å². The van der Waals surface area contributed by atoms with Crippen LogP contribution in [0.1, 0.15) is 31.4 Å². The van der Waals surface area contributed by atoms with Crippen molar-refractivity contribution in [3.05, 3.63) is 29.3 Å². The number of hydrogen-bond acceptors (Lipinski definition) is 3. The average molecular weight is 291 g/mol. The van der Waals surface area contributed by atoms with E-state index in [9.17, 15) is 9.59 Å². The number of rotatable bonds is 6. The van der Waals surface area contributed by atoms with Crippen molar-refractivity contribution in [2.75, 3.05) is 11.9 Å². The second-order valence-corrected chi connectivity index (χ2v) is 5.77. The summed E-state index contributed by atoms with van der Waals surface area (Å²) in [5.41, 5.74) is 8.54. The van der Waals surface area contributed by atoms with Crippen LogP contribution in [0, 0.1) is 19.8 Å². The smallest absolute Gasteiger partial charge is 0.243 e. The van der Waals surface area contributed by atoms with Gasteiger partial charge in [0, 0.05) is 5.69 Å². The molecule has 0 heterocycles. The second kappa shape index (κ2) is 7.78. The molecule has 0 fully saturated rings. The molecule has 0 aromatic heterocycles. The molecule has 5 heteroatoms. The highest BCUT2D eigenvalue weighted by molar-refractivity contribution is 5.96. The predicted octanol–water partition coefficient (Wildman–Crippen LogP) is 1.73. The van der Waals surface area contributed by atoms with E-state index < -0.39 is 6.04 Å². The van der Waals surface area contributed by atoms with Gasteiger partial charge >= 0.3 is 0 Å². The van der Waals surface area contributed by atoms with Crippen molar-refractivity contribution in [2.45, 2.75) is 40.2 Å². The van der Waals surface area contributed by atoms with Crippen LogP contribution in [0.2, 0.25) is 0 Å².